The van der Waals surface area contributed by atoms with E-state index in [0.717, 1.165) is 37.3 Å². The van der Waals surface area contributed by atoms with Crippen molar-refractivity contribution in [2.75, 3.05) is 31.1 Å². The summed E-state index contributed by atoms with van der Waals surface area (Å²) in [6.45, 7) is 1.75. The second kappa shape index (κ2) is 9.11. The average molecular weight is 442 g/mol. The van der Waals surface area contributed by atoms with E-state index in [-0.39, 0.29) is 11.7 Å². The van der Waals surface area contributed by atoms with Crippen LogP contribution in [0.2, 0.25) is 0 Å². The number of anilines is 1. The number of nitrogens with one attached hydrogen (secondary N) is 1. The molecule has 1 amide bonds. The number of piperazine rings is 1. The lowest BCUT2D eigenvalue weighted by Gasteiger charge is -2.40. The fraction of sp³-hybridized carbons (Fsp3) is 0.417. The van der Waals surface area contributed by atoms with E-state index in [1.807, 2.05) is 30.3 Å². The van der Waals surface area contributed by atoms with Gasteiger partial charge in [-0.15, -0.1) is 0 Å². The van der Waals surface area contributed by atoms with Gasteiger partial charge < -0.3 is 15.1 Å². The summed E-state index contributed by atoms with van der Waals surface area (Å²) < 4.78 is 38.9. The first kappa shape index (κ1) is 22.0. The number of aromatic nitrogens is 1. The molecule has 2 heterocycles. The number of carbonyl (C=O) groups is 1. The van der Waals surface area contributed by atoms with Crippen LogP contribution in [-0.2, 0) is 11.0 Å². The third-order valence-corrected chi connectivity index (χ3v) is 6.06. The van der Waals surface area contributed by atoms with Crippen molar-refractivity contribution < 1.29 is 18.0 Å². The van der Waals surface area contributed by atoms with E-state index < -0.39 is 17.4 Å². The number of rotatable bonds is 3. The molecule has 1 aromatic heterocycles. The van der Waals surface area contributed by atoms with E-state index in [9.17, 15) is 18.0 Å². The predicted octanol–water partition coefficient (Wildman–Crippen LogP) is 3.66. The second-order valence-electron chi connectivity index (χ2n) is 8.19. The maximum absolute atomic E-state index is 13.4. The van der Waals surface area contributed by atoms with Crippen LogP contribution < -0.4 is 10.2 Å². The molecule has 0 atom stereocenters. The van der Waals surface area contributed by atoms with E-state index in [4.69, 9.17) is 0 Å². The third-order valence-electron chi connectivity index (χ3n) is 6.06. The number of halogens is 3. The summed E-state index contributed by atoms with van der Waals surface area (Å²) in [5.41, 5.74) is -0.722. The van der Waals surface area contributed by atoms with Crippen molar-refractivity contribution in [3.63, 3.8) is 0 Å². The van der Waals surface area contributed by atoms with Gasteiger partial charge in [-0.05, 0) is 43.0 Å². The molecule has 4 rings (SSSR count). The predicted molar refractivity (Wildman–Crippen MR) is 116 cm³/mol. The highest BCUT2D eigenvalue weighted by molar-refractivity contribution is 5.87. The van der Waals surface area contributed by atoms with Crippen LogP contribution in [0, 0.1) is 12.0 Å². The zero-order valence-corrected chi connectivity index (χ0v) is 17.7. The summed E-state index contributed by atoms with van der Waals surface area (Å²) in [5.74, 6) is 3.37. The number of alkyl halides is 3. The number of nitrogens with zero attached hydrogens (tertiary/aromatic N) is 3. The lowest BCUT2D eigenvalue weighted by atomic mass is 9.95. The van der Waals surface area contributed by atoms with Crippen molar-refractivity contribution in [3.05, 3.63) is 59.8 Å². The van der Waals surface area contributed by atoms with Gasteiger partial charge in [0.2, 0.25) is 5.91 Å². The summed E-state index contributed by atoms with van der Waals surface area (Å²) >= 11 is 0. The molecule has 1 aliphatic carbocycles. The van der Waals surface area contributed by atoms with Crippen molar-refractivity contribution in [1.29, 1.82) is 0 Å². The van der Waals surface area contributed by atoms with Gasteiger partial charge >= 0.3 is 6.18 Å². The molecule has 0 spiro atoms. The summed E-state index contributed by atoms with van der Waals surface area (Å²) in [4.78, 5) is 20.8. The van der Waals surface area contributed by atoms with Gasteiger partial charge in [0.15, 0.2) is 0 Å². The molecule has 32 heavy (non-hydrogen) atoms. The Hall–Kier alpha value is -3.21. The molecule has 5 nitrogen and oxygen atoms in total. The zero-order chi connectivity index (χ0) is 22.6. The fourth-order valence-electron chi connectivity index (χ4n) is 4.31. The minimum atomic E-state index is -4.48. The Labute approximate surface area is 185 Å². The number of hydrogen-bond acceptors (Lipinski definition) is 4. The van der Waals surface area contributed by atoms with Crippen LogP contribution >= 0.6 is 0 Å². The van der Waals surface area contributed by atoms with Gasteiger partial charge in [0.1, 0.15) is 17.1 Å². The number of pyridine rings is 1. The molecule has 1 aromatic carbocycles. The molecule has 1 saturated carbocycles. The van der Waals surface area contributed by atoms with Crippen LogP contribution in [0.5, 0.6) is 0 Å². The van der Waals surface area contributed by atoms with Crippen molar-refractivity contribution >= 4 is 11.7 Å². The average Bonchev–Trinajstić information content (AvgIpc) is 3.29. The van der Waals surface area contributed by atoms with Crippen LogP contribution in [0.15, 0.2) is 48.5 Å². The molecule has 1 N–H and O–H groups in total. The van der Waals surface area contributed by atoms with Crippen LogP contribution in [0.3, 0.4) is 0 Å². The topological polar surface area (TPSA) is 48.5 Å². The highest BCUT2D eigenvalue weighted by atomic mass is 19.4. The second-order valence-corrected chi connectivity index (χ2v) is 8.19. The SMILES string of the molecule is O=C(N1CCN(c2cccc(C(F)(F)F)n2)CC1)C1(NC#Cc2ccccc2)CCCC1. The number of carbonyl (C=O) groups excluding carboxylic acids is 1. The minimum Gasteiger partial charge on any atom is -0.353 e. The lowest BCUT2D eigenvalue weighted by Crippen LogP contribution is -2.59. The summed E-state index contributed by atoms with van der Waals surface area (Å²) in [5, 5.41) is 3.20. The number of hydrogen-bond donors (Lipinski definition) is 1. The molecule has 2 aromatic rings. The van der Waals surface area contributed by atoms with Crippen LogP contribution in [0.1, 0.15) is 36.9 Å². The first-order valence-electron chi connectivity index (χ1n) is 10.8. The number of amides is 1. The van der Waals surface area contributed by atoms with E-state index in [0.29, 0.717) is 26.2 Å². The van der Waals surface area contributed by atoms with E-state index in [1.54, 1.807) is 15.9 Å². The highest BCUT2D eigenvalue weighted by Crippen LogP contribution is 2.32. The molecule has 8 heteroatoms. The Bertz CT molecular complexity index is 999. The Kier molecular flexibility index (Phi) is 6.26. The minimum absolute atomic E-state index is 0.0222. The molecule has 2 aliphatic rings. The van der Waals surface area contributed by atoms with Gasteiger partial charge in [0.05, 0.1) is 0 Å². The number of benzene rings is 1. The largest absolute Gasteiger partial charge is 0.433 e. The van der Waals surface area contributed by atoms with Gasteiger partial charge in [-0.3, -0.25) is 4.79 Å². The maximum atomic E-state index is 13.4. The van der Waals surface area contributed by atoms with Gasteiger partial charge in [0.25, 0.3) is 0 Å². The Morgan fingerprint density at radius 3 is 2.31 bits per heavy atom. The fourth-order valence-corrected chi connectivity index (χ4v) is 4.31. The van der Waals surface area contributed by atoms with Crippen molar-refractivity contribution in [3.8, 4) is 12.0 Å². The van der Waals surface area contributed by atoms with Crippen LogP contribution in [0.25, 0.3) is 0 Å². The lowest BCUT2D eigenvalue weighted by molar-refractivity contribution is -0.141. The van der Waals surface area contributed by atoms with Crippen LogP contribution in [-0.4, -0.2) is 47.5 Å². The van der Waals surface area contributed by atoms with E-state index >= 15 is 0 Å². The van der Waals surface area contributed by atoms with Gasteiger partial charge in [-0.1, -0.05) is 37.1 Å². The van der Waals surface area contributed by atoms with Gasteiger partial charge in [-0.25, -0.2) is 4.98 Å². The molecule has 0 radical (unpaired) electrons. The third kappa shape index (κ3) is 4.82. The summed E-state index contributed by atoms with van der Waals surface area (Å²) in [7, 11) is 0. The molecule has 0 bridgehead atoms. The summed E-state index contributed by atoms with van der Waals surface area (Å²) in [6, 6.07) is 16.5. The molecule has 2 fully saturated rings. The zero-order valence-electron chi connectivity index (χ0n) is 17.7. The van der Waals surface area contributed by atoms with Crippen molar-refractivity contribution in [2.24, 2.45) is 0 Å². The molecular weight excluding hydrogens is 417 g/mol. The normalized spacial score (nSPS) is 18.1. The van der Waals surface area contributed by atoms with Crippen molar-refractivity contribution in [2.45, 2.75) is 37.4 Å². The molecular formula is C24H25F3N4O. The Morgan fingerprint density at radius 2 is 1.66 bits per heavy atom. The standard InChI is InChI=1S/C24H25F3N4O/c25-24(26,27)20-9-6-10-21(29-20)30-15-17-31(18-16-30)22(32)23(12-4-5-13-23)28-14-11-19-7-2-1-3-8-19/h1-3,6-10,28H,4-5,12-13,15-18H2. The van der Waals surface area contributed by atoms with E-state index in [1.165, 1.54) is 6.07 Å². The first-order chi connectivity index (χ1) is 15.4. The van der Waals surface area contributed by atoms with E-state index in [2.05, 4.69) is 22.3 Å². The monoisotopic (exact) mass is 442 g/mol. The summed E-state index contributed by atoms with van der Waals surface area (Å²) in [6.07, 6.45) is -1.11. The van der Waals surface area contributed by atoms with Gasteiger partial charge in [0, 0.05) is 37.8 Å². The quantitative estimate of drug-likeness (QED) is 0.582. The van der Waals surface area contributed by atoms with Gasteiger partial charge in [-0.2, -0.15) is 13.2 Å². The highest BCUT2D eigenvalue weighted by Gasteiger charge is 2.44. The van der Waals surface area contributed by atoms with Crippen molar-refractivity contribution in [1.82, 2.24) is 15.2 Å². The Balaban J connectivity index is 1.41. The van der Waals surface area contributed by atoms with Crippen LogP contribution in [0.4, 0.5) is 19.0 Å². The maximum Gasteiger partial charge on any atom is 0.433 e. The first-order valence-corrected chi connectivity index (χ1v) is 10.8. The Morgan fingerprint density at radius 1 is 0.969 bits per heavy atom. The molecule has 0 unspecified atom stereocenters. The molecule has 168 valence electrons. The smallest absolute Gasteiger partial charge is 0.353 e. The molecule has 1 saturated heterocycles. The molecule has 1 aliphatic heterocycles.